The van der Waals surface area contributed by atoms with Gasteiger partial charge in [-0.25, -0.2) is 0 Å². The molecule has 0 aliphatic carbocycles. The normalized spacial score (nSPS) is 14.0. The van der Waals surface area contributed by atoms with Crippen molar-refractivity contribution < 1.29 is 14.3 Å². The summed E-state index contributed by atoms with van der Waals surface area (Å²) < 4.78 is 5.18. The largest absolute Gasteiger partial charge is 0.497 e. The van der Waals surface area contributed by atoms with E-state index in [4.69, 9.17) is 16.3 Å². The fourth-order valence-corrected chi connectivity index (χ4v) is 3.24. The summed E-state index contributed by atoms with van der Waals surface area (Å²) in [6, 6.07) is 14.7. The molecule has 0 saturated carbocycles. The number of halogens is 1. The molecule has 27 heavy (non-hydrogen) atoms. The van der Waals surface area contributed by atoms with Gasteiger partial charge in [0.1, 0.15) is 5.75 Å². The number of methoxy groups -OCH3 is 1. The van der Waals surface area contributed by atoms with Gasteiger partial charge in [0.15, 0.2) is 0 Å². The van der Waals surface area contributed by atoms with E-state index in [0.29, 0.717) is 23.7 Å². The minimum atomic E-state index is -0.342. The SMILES string of the molecule is COc1ccc(N2CCN(C(=O)CNC(=O)c3ccccc3Cl)CC2)cc1. The van der Waals surface area contributed by atoms with Crippen LogP contribution in [0.2, 0.25) is 5.02 Å². The number of hydrogen-bond donors (Lipinski definition) is 1. The number of carbonyl (C=O) groups is 2. The number of hydrogen-bond acceptors (Lipinski definition) is 4. The molecule has 2 aromatic carbocycles. The number of nitrogens with one attached hydrogen (secondary N) is 1. The van der Waals surface area contributed by atoms with Gasteiger partial charge in [-0.2, -0.15) is 0 Å². The summed E-state index contributed by atoms with van der Waals surface area (Å²) in [6.45, 7) is 2.69. The highest BCUT2D eigenvalue weighted by atomic mass is 35.5. The predicted molar refractivity (Wildman–Crippen MR) is 106 cm³/mol. The van der Waals surface area contributed by atoms with Gasteiger partial charge in [0.05, 0.1) is 24.2 Å². The third-order valence-electron chi connectivity index (χ3n) is 4.59. The number of rotatable bonds is 5. The standard InChI is InChI=1S/C20H22ClN3O3/c1-27-16-8-6-15(7-9-16)23-10-12-24(13-11-23)19(25)14-22-20(26)17-4-2-3-5-18(17)21/h2-9H,10-14H2,1H3,(H,22,26). The van der Waals surface area contributed by atoms with E-state index in [1.54, 1.807) is 36.3 Å². The Morgan fingerprint density at radius 2 is 1.70 bits per heavy atom. The number of piperazine rings is 1. The molecule has 1 fully saturated rings. The minimum absolute atomic E-state index is 0.0351. The van der Waals surface area contributed by atoms with Gasteiger partial charge in [-0.05, 0) is 36.4 Å². The fourth-order valence-electron chi connectivity index (χ4n) is 3.02. The van der Waals surface area contributed by atoms with Crippen molar-refractivity contribution in [3.05, 3.63) is 59.1 Å². The first-order valence-corrected chi connectivity index (χ1v) is 9.16. The molecule has 1 aliphatic rings. The summed E-state index contributed by atoms with van der Waals surface area (Å²) >= 11 is 6.01. The van der Waals surface area contributed by atoms with E-state index < -0.39 is 0 Å². The highest BCUT2D eigenvalue weighted by Crippen LogP contribution is 2.20. The number of amides is 2. The Kier molecular flexibility index (Phi) is 6.19. The molecule has 2 aromatic rings. The summed E-state index contributed by atoms with van der Waals surface area (Å²) in [5, 5.41) is 3.02. The Labute approximate surface area is 163 Å². The molecule has 0 aromatic heterocycles. The van der Waals surface area contributed by atoms with Gasteiger partial charge >= 0.3 is 0 Å². The van der Waals surface area contributed by atoms with Gasteiger partial charge in [-0.15, -0.1) is 0 Å². The predicted octanol–water partition coefficient (Wildman–Crippen LogP) is 2.43. The zero-order chi connectivity index (χ0) is 19.2. The topological polar surface area (TPSA) is 61.9 Å². The third kappa shape index (κ3) is 4.71. The van der Waals surface area contributed by atoms with E-state index >= 15 is 0 Å². The number of carbonyl (C=O) groups excluding carboxylic acids is 2. The van der Waals surface area contributed by atoms with Gasteiger partial charge in [-0.1, -0.05) is 23.7 Å². The van der Waals surface area contributed by atoms with Crippen molar-refractivity contribution in [2.75, 3.05) is 44.7 Å². The van der Waals surface area contributed by atoms with Crippen LogP contribution in [0.25, 0.3) is 0 Å². The van der Waals surface area contributed by atoms with Crippen LogP contribution in [0.3, 0.4) is 0 Å². The van der Waals surface area contributed by atoms with E-state index in [2.05, 4.69) is 10.2 Å². The van der Waals surface area contributed by atoms with Crippen molar-refractivity contribution in [3.63, 3.8) is 0 Å². The van der Waals surface area contributed by atoms with Crippen molar-refractivity contribution >= 4 is 29.1 Å². The maximum absolute atomic E-state index is 12.4. The zero-order valence-corrected chi connectivity index (χ0v) is 15.9. The molecule has 1 aliphatic heterocycles. The van der Waals surface area contributed by atoms with Gasteiger partial charge in [0.25, 0.3) is 5.91 Å². The molecule has 0 atom stereocenters. The lowest BCUT2D eigenvalue weighted by atomic mass is 10.2. The number of ether oxygens (including phenoxy) is 1. The Balaban J connectivity index is 1.48. The van der Waals surface area contributed by atoms with Crippen molar-refractivity contribution in [1.29, 1.82) is 0 Å². The molecule has 0 bridgehead atoms. The summed E-state index contributed by atoms with van der Waals surface area (Å²) in [5.41, 5.74) is 1.48. The van der Waals surface area contributed by atoms with Gasteiger partial charge in [0.2, 0.25) is 5.91 Å². The molecule has 0 spiro atoms. The van der Waals surface area contributed by atoms with Crippen LogP contribution in [0, 0.1) is 0 Å². The average Bonchev–Trinajstić information content (AvgIpc) is 2.72. The maximum atomic E-state index is 12.4. The fraction of sp³-hybridized carbons (Fsp3) is 0.300. The summed E-state index contributed by atoms with van der Waals surface area (Å²) in [7, 11) is 1.64. The second-order valence-electron chi connectivity index (χ2n) is 6.23. The van der Waals surface area contributed by atoms with Crippen molar-refractivity contribution in [1.82, 2.24) is 10.2 Å². The number of nitrogens with zero attached hydrogens (tertiary/aromatic N) is 2. The molecule has 0 radical (unpaired) electrons. The molecule has 6 nitrogen and oxygen atoms in total. The lowest BCUT2D eigenvalue weighted by Crippen LogP contribution is -2.51. The van der Waals surface area contributed by atoms with Crippen LogP contribution in [-0.4, -0.2) is 56.5 Å². The third-order valence-corrected chi connectivity index (χ3v) is 4.92. The van der Waals surface area contributed by atoms with E-state index in [1.807, 2.05) is 24.3 Å². The highest BCUT2D eigenvalue weighted by Gasteiger charge is 2.22. The van der Waals surface area contributed by atoms with Crippen LogP contribution in [0.4, 0.5) is 5.69 Å². The van der Waals surface area contributed by atoms with Crippen molar-refractivity contribution in [2.24, 2.45) is 0 Å². The molecule has 1 N–H and O–H groups in total. The van der Waals surface area contributed by atoms with Crippen LogP contribution >= 0.6 is 11.6 Å². The van der Waals surface area contributed by atoms with Crippen molar-refractivity contribution in [2.45, 2.75) is 0 Å². The van der Waals surface area contributed by atoms with E-state index in [-0.39, 0.29) is 18.4 Å². The monoisotopic (exact) mass is 387 g/mol. The van der Waals surface area contributed by atoms with E-state index in [1.165, 1.54) is 0 Å². The lowest BCUT2D eigenvalue weighted by Gasteiger charge is -2.36. The van der Waals surface area contributed by atoms with Gasteiger partial charge in [0, 0.05) is 31.9 Å². The number of benzene rings is 2. The van der Waals surface area contributed by atoms with E-state index in [9.17, 15) is 9.59 Å². The van der Waals surface area contributed by atoms with Crippen LogP contribution < -0.4 is 15.0 Å². The Hall–Kier alpha value is -2.73. The molecule has 1 heterocycles. The van der Waals surface area contributed by atoms with Gasteiger partial charge in [-0.3, -0.25) is 9.59 Å². The Morgan fingerprint density at radius 3 is 2.33 bits per heavy atom. The van der Waals surface area contributed by atoms with Crippen LogP contribution in [-0.2, 0) is 4.79 Å². The molecule has 0 unspecified atom stereocenters. The zero-order valence-electron chi connectivity index (χ0n) is 15.2. The Morgan fingerprint density at radius 1 is 1.04 bits per heavy atom. The lowest BCUT2D eigenvalue weighted by molar-refractivity contribution is -0.130. The van der Waals surface area contributed by atoms with E-state index in [0.717, 1.165) is 24.5 Å². The molecule has 1 saturated heterocycles. The second kappa shape index (κ2) is 8.77. The maximum Gasteiger partial charge on any atom is 0.253 e. The molecule has 2 amide bonds. The summed E-state index contributed by atoms with van der Waals surface area (Å²) in [6.07, 6.45) is 0. The first-order valence-electron chi connectivity index (χ1n) is 8.78. The van der Waals surface area contributed by atoms with Crippen LogP contribution in [0.5, 0.6) is 5.75 Å². The first-order chi connectivity index (χ1) is 13.1. The molecule has 142 valence electrons. The minimum Gasteiger partial charge on any atom is -0.497 e. The Bertz CT molecular complexity index is 802. The van der Waals surface area contributed by atoms with Crippen LogP contribution in [0.1, 0.15) is 10.4 Å². The molecule has 7 heteroatoms. The summed E-state index contributed by atoms with van der Waals surface area (Å²) in [4.78, 5) is 28.5. The quantitative estimate of drug-likeness (QED) is 0.856. The first kappa shape index (κ1) is 19.0. The van der Waals surface area contributed by atoms with Gasteiger partial charge < -0.3 is 19.9 Å². The smallest absolute Gasteiger partial charge is 0.253 e. The van der Waals surface area contributed by atoms with Crippen LogP contribution in [0.15, 0.2) is 48.5 Å². The number of anilines is 1. The second-order valence-corrected chi connectivity index (χ2v) is 6.64. The molecular formula is C20H22ClN3O3. The van der Waals surface area contributed by atoms with Crippen molar-refractivity contribution in [3.8, 4) is 5.75 Å². The summed E-state index contributed by atoms with van der Waals surface area (Å²) in [5.74, 6) is 0.387. The highest BCUT2D eigenvalue weighted by molar-refractivity contribution is 6.33. The average molecular weight is 388 g/mol. The molecular weight excluding hydrogens is 366 g/mol. The molecule has 3 rings (SSSR count).